The molecule has 3 aromatic rings. The van der Waals surface area contributed by atoms with Crippen LogP contribution in [-0.2, 0) is 4.79 Å². The third-order valence-electron chi connectivity index (χ3n) is 7.22. The lowest BCUT2D eigenvalue weighted by Crippen LogP contribution is -2.40. The minimum Gasteiger partial charge on any atom is -0.496 e. The number of para-hydroxylation sites is 1. The van der Waals surface area contributed by atoms with Gasteiger partial charge >= 0.3 is 12.0 Å². The number of carboxylic acid groups (broad SMARTS) is 1. The SMILES string of the molecule is COc1ccccc1C1CCN(C(=O)Nc2ccc(-c3ccc(C(=O)CC(C)(C)C(=O)O)cc3)cc2)CC1. The minimum absolute atomic E-state index is 0.0613. The van der Waals surface area contributed by atoms with E-state index < -0.39 is 11.4 Å². The summed E-state index contributed by atoms with van der Waals surface area (Å²) in [4.78, 5) is 38.5. The Balaban J connectivity index is 1.32. The number of Topliss-reactive ketones (excluding diaryl/α,β-unsaturated/α-hetero) is 1. The summed E-state index contributed by atoms with van der Waals surface area (Å²) in [7, 11) is 1.69. The van der Waals surface area contributed by atoms with Crippen LogP contribution >= 0.6 is 0 Å². The molecule has 0 saturated carbocycles. The molecule has 0 atom stereocenters. The van der Waals surface area contributed by atoms with E-state index in [-0.39, 0.29) is 18.2 Å². The number of rotatable bonds is 8. The largest absolute Gasteiger partial charge is 0.496 e. The van der Waals surface area contributed by atoms with Gasteiger partial charge in [0.15, 0.2) is 5.78 Å². The molecule has 4 rings (SSSR count). The normalized spacial score (nSPS) is 14.1. The van der Waals surface area contributed by atoms with Crippen molar-refractivity contribution in [2.75, 3.05) is 25.5 Å². The third-order valence-corrected chi connectivity index (χ3v) is 7.22. The van der Waals surface area contributed by atoms with Crippen LogP contribution in [0, 0.1) is 5.41 Å². The van der Waals surface area contributed by atoms with Gasteiger partial charge in [-0.05, 0) is 67.5 Å². The number of anilines is 1. The molecule has 38 heavy (non-hydrogen) atoms. The first kappa shape index (κ1) is 26.9. The Morgan fingerprint density at radius 1 is 0.921 bits per heavy atom. The summed E-state index contributed by atoms with van der Waals surface area (Å²) in [6.45, 7) is 4.46. The molecule has 3 aromatic carbocycles. The average Bonchev–Trinajstić information content (AvgIpc) is 2.93. The van der Waals surface area contributed by atoms with Crippen molar-refractivity contribution in [3.05, 3.63) is 83.9 Å². The minimum atomic E-state index is -1.11. The molecule has 2 N–H and O–H groups in total. The van der Waals surface area contributed by atoms with Crippen molar-refractivity contribution in [1.82, 2.24) is 4.90 Å². The highest BCUT2D eigenvalue weighted by Crippen LogP contribution is 2.34. The van der Waals surface area contributed by atoms with Gasteiger partial charge in [-0.15, -0.1) is 0 Å². The number of hydrogen-bond donors (Lipinski definition) is 2. The number of nitrogens with zero attached hydrogens (tertiary/aromatic N) is 1. The summed E-state index contributed by atoms with van der Waals surface area (Å²) in [5.41, 5.74) is 3.17. The number of urea groups is 1. The van der Waals surface area contributed by atoms with Crippen LogP contribution in [0.2, 0.25) is 0 Å². The summed E-state index contributed by atoms with van der Waals surface area (Å²) in [6.07, 6.45) is 1.71. The summed E-state index contributed by atoms with van der Waals surface area (Å²) < 4.78 is 5.51. The van der Waals surface area contributed by atoms with Crippen molar-refractivity contribution in [3.8, 4) is 16.9 Å². The van der Waals surface area contributed by atoms with E-state index in [2.05, 4.69) is 11.4 Å². The van der Waals surface area contributed by atoms with Gasteiger partial charge < -0.3 is 20.1 Å². The zero-order valence-corrected chi connectivity index (χ0v) is 22.1. The van der Waals surface area contributed by atoms with Gasteiger partial charge in [0.2, 0.25) is 0 Å². The first-order valence-corrected chi connectivity index (χ1v) is 12.8. The van der Waals surface area contributed by atoms with Crippen LogP contribution in [0.1, 0.15) is 54.9 Å². The van der Waals surface area contributed by atoms with E-state index in [0.717, 1.165) is 29.7 Å². The third kappa shape index (κ3) is 6.22. The summed E-state index contributed by atoms with van der Waals surface area (Å²) in [5.74, 6) is 0.0830. The quantitative estimate of drug-likeness (QED) is 0.337. The number of carbonyl (C=O) groups excluding carboxylic acids is 2. The van der Waals surface area contributed by atoms with Crippen LogP contribution in [0.5, 0.6) is 5.75 Å². The second-order valence-electron chi connectivity index (χ2n) is 10.4. The number of methoxy groups -OCH3 is 1. The standard InChI is InChI=1S/C31H34N2O5/c1-31(2,29(35)36)20-27(34)24-10-8-21(9-11-24)22-12-14-25(15-13-22)32-30(37)33-18-16-23(17-19-33)26-6-4-5-7-28(26)38-3/h4-15,23H,16-20H2,1-3H3,(H,32,37)(H,35,36). The van der Waals surface area contributed by atoms with E-state index in [0.29, 0.717) is 30.3 Å². The number of ether oxygens (including phenoxy) is 1. The fourth-order valence-corrected chi connectivity index (χ4v) is 4.77. The Hall–Kier alpha value is -4.13. The Morgan fingerprint density at radius 2 is 1.50 bits per heavy atom. The first-order chi connectivity index (χ1) is 18.2. The Morgan fingerprint density at radius 3 is 2.08 bits per heavy atom. The topological polar surface area (TPSA) is 95.9 Å². The Kier molecular flexibility index (Phi) is 8.15. The van der Waals surface area contributed by atoms with E-state index in [1.165, 1.54) is 5.56 Å². The van der Waals surface area contributed by atoms with Crippen molar-refractivity contribution in [2.24, 2.45) is 5.41 Å². The molecule has 0 spiro atoms. The lowest BCUT2D eigenvalue weighted by atomic mass is 9.85. The van der Waals surface area contributed by atoms with Crippen molar-refractivity contribution in [2.45, 2.75) is 39.0 Å². The lowest BCUT2D eigenvalue weighted by molar-refractivity contribution is -0.146. The number of piperidine rings is 1. The monoisotopic (exact) mass is 514 g/mol. The number of carbonyl (C=O) groups is 3. The highest BCUT2D eigenvalue weighted by Gasteiger charge is 2.30. The molecule has 7 nitrogen and oxygen atoms in total. The molecule has 0 aliphatic carbocycles. The van der Waals surface area contributed by atoms with Gasteiger partial charge in [0.1, 0.15) is 5.75 Å². The molecule has 0 bridgehead atoms. The number of amides is 2. The van der Waals surface area contributed by atoms with Gasteiger partial charge in [0.25, 0.3) is 0 Å². The maximum atomic E-state index is 12.9. The molecule has 1 aliphatic rings. The number of ketones is 1. The van der Waals surface area contributed by atoms with Gasteiger partial charge in [-0.1, -0.05) is 54.6 Å². The number of nitrogens with one attached hydrogen (secondary N) is 1. The van der Waals surface area contributed by atoms with Gasteiger partial charge in [0.05, 0.1) is 12.5 Å². The van der Waals surface area contributed by atoms with Crippen molar-refractivity contribution in [1.29, 1.82) is 0 Å². The van der Waals surface area contributed by atoms with Crippen LogP contribution in [-0.4, -0.2) is 48.0 Å². The van der Waals surface area contributed by atoms with E-state index in [4.69, 9.17) is 4.74 Å². The maximum absolute atomic E-state index is 12.9. The summed E-state index contributed by atoms with van der Waals surface area (Å²) >= 11 is 0. The maximum Gasteiger partial charge on any atom is 0.321 e. The van der Waals surface area contributed by atoms with E-state index in [1.54, 1.807) is 33.1 Å². The van der Waals surface area contributed by atoms with Crippen LogP contribution in [0.25, 0.3) is 11.1 Å². The van der Waals surface area contributed by atoms with Gasteiger partial charge in [-0.25, -0.2) is 4.79 Å². The van der Waals surface area contributed by atoms with Crippen molar-refractivity contribution >= 4 is 23.5 Å². The molecular formula is C31H34N2O5. The van der Waals surface area contributed by atoms with E-state index >= 15 is 0 Å². The Labute approximate surface area is 223 Å². The molecular weight excluding hydrogens is 480 g/mol. The molecule has 0 unspecified atom stereocenters. The van der Waals surface area contributed by atoms with Crippen molar-refractivity contribution < 1.29 is 24.2 Å². The lowest BCUT2D eigenvalue weighted by Gasteiger charge is -2.32. The Bertz CT molecular complexity index is 1290. The highest BCUT2D eigenvalue weighted by atomic mass is 16.5. The smallest absolute Gasteiger partial charge is 0.321 e. The fourth-order valence-electron chi connectivity index (χ4n) is 4.77. The highest BCUT2D eigenvalue weighted by molar-refractivity contribution is 5.99. The number of aliphatic carboxylic acids is 1. The van der Waals surface area contributed by atoms with E-state index in [9.17, 15) is 19.5 Å². The molecule has 1 saturated heterocycles. The zero-order chi connectivity index (χ0) is 27.3. The molecule has 1 fully saturated rings. The second-order valence-corrected chi connectivity index (χ2v) is 10.4. The number of carboxylic acids is 1. The van der Waals surface area contributed by atoms with Gasteiger partial charge in [-0.2, -0.15) is 0 Å². The molecule has 1 aliphatic heterocycles. The molecule has 0 radical (unpaired) electrons. The fraction of sp³-hybridized carbons (Fsp3) is 0.323. The first-order valence-electron chi connectivity index (χ1n) is 12.8. The van der Waals surface area contributed by atoms with Crippen LogP contribution < -0.4 is 10.1 Å². The zero-order valence-electron chi connectivity index (χ0n) is 22.1. The van der Waals surface area contributed by atoms with Crippen molar-refractivity contribution in [3.63, 3.8) is 0 Å². The number of likely N-dealkylation sites (tertiary alicyclic amines) is 1. The number of hydrogen-bond acceptors (Lipinski definition) is 4. The molecule has 2 amide bonds. The predicted octanol–water partition coefficient (Wildman–Crippen LogP) is 6.46. The predicted molar refractivity (Wildman–Crippen MR) is 148 cm³/mol. The molecule has 7 heteroatoms. The van der Waals surface area contributed by atoms with Crippen LogP contribution in [0.15, 0.2) is 72.8 Å². The molecule has 1 heterocycles. The van der Waals surface area contributed by atoms with Gasteiger partial charge in [0, 0.05) is 30.8 Å². The van der Waals surface area contributed by atoms with E-state index in [1.807, 2.05) is 59.5 Å². The number of benzene rings is 3. The summed E-state index contributed by atoms with van der Waals surface area (Å²) in [6, 6.07) is 22.7. The van der Waals surface area contributed by atoms with Crippen LogP contribution in [0.3, 0.4) is 0 Å². The molecule has 0 aromatic heterocycles. The van der Waals surface area contributed by atoms with Gasteiger partial charge in [-0.3, -0.25) is 9.59 Å². The second kappa shape index (κ2) is 11.5. The summed E-state index contributed by atoms with van der Waals surface area (Å²) in [5, 5.41) is 12.3. The average molecular weight is 515 g/mol. The molecule has 198 valence electrons. The van der Waals surface area contributed by atoms with Crippen LogP contribution in [0.4, 0.5) is 10.5 Å².